The lowest BCUT2D eigenvalue weighted by atomic mass is 9.78. The van der Waals surface area contributed by atoms with Crippen LogP contribution in [0, 0.1) is 0 Å². The molecule has 0 radical (unpaired) electrons. The Morgan fingerprint density at radius 3 is 2.10 bits per heavy atom. The van der Waals surface area contributed by atoms with Crippen molar-refractivity contribution in [3.05, 3.63) is 0 Å². The average molecular weight is 294 g/mol. The molecule has 2 aliphatic rings. The van der Waals surface area contributed by atoms with Gasteiger partial charge in [-0.15, -0.1) is 0 Å². The summed E-state index contributed by atoms with van der Waals surface area (Å²) in [5, 5.41) is 3.02. The number of hydrogen-bond donors (Lipinski definition) is 1. The van der Waals surface area contributed by atoms with Crippen LogP contribution in [0.25, 0.3) is 0 Å². The largest absolute Gasteiger partial charge is 0.340 e. The smallest absolute Gasteiger partial charge is 0.249 e. The van der Waals surface area contributed by atoms with Gasteiger partial charge in [0.05, 0.1) is 0 Å². The summed E-state index contributed by atoms with van der Waals surface area (Å²) in [4.78, 5) is 28.0. The highest BCUT2D eigenvalue weighted by Gasteiger charge is 2.56. The first-order valence-electron chi connectivity index (χ1n) is 8.61. The van der Waals surface area contributed by atoms with E-state index < -0.39 is 11.1 Å². The van der Waals surface area contributed by atoms with Gasteiger partial charge in [0.2, 0.25) is 11.8 Å². The van der Waals surface area contributed by atoms with Crippen molar-refractivity contribution in [1.29, 1.82) is 0 Å². The monoisotopic (exact) mass is 294 g/mol. The van der Waals surface area contributed by atoms with Gasteiger partial charge in [0, 0.05) is 6.04 Å². The van der Waals surface area contributed by atoms with E-state index in [-0.39, 0.29) is 17.9 Å². The summed E-state index contributed by atoms with van der Waals surface area (Å²) in [5.74, 6) is 0.169. The van der Waals surface area contributed by atoms with Crippen molar-refractivity contribution in [2.24, 2.45) is 0 Å². The molecule has 1 heterocycles. The minimum Gasteiger partial charge on any atom is -0.340 e. The third-order valence-electron chi connectivity index (χ3n) is 5.78. The molecule has 0 bridgehead atoms. The number of rotatable bonds is 4. The molecule has 0 aromatic rings. The Bertz CT molecular complexity index is 411. The maximum absolute atomic E-state index is 13.2. The molecule has 4 heteroatoms. The normalized spacial score (nSPS) is 30.4. The standard InChI is InChI=1S/C17H30N2O2/c1-5-16(4)15(21)19(13-11-9-8-10-12-13)17(6-2,7-3)14(20)18-16/h13H,5-12H2,1-4H3,(H,18,20). The van der Waals surface area contributed by atoms with Crippen LogP contribution in [0.2, 0.25) is 0 Å². The first-order valence-corrected chi connectivity index (χ1v) is 8.61. The number of hydrogen-bond acceptors (Lipinski definition) is 2. The maximum Gasteiger partial charge on any atom is 0.249 e. The van der Waals surface area contributed by atoms with E-state index in [2.05, 4.69) is 5.32 Å². The molecule has 0 aromatic heterocycles. The van der Waals surface area contributed by atoms with Crippen LogP contribution in [0.3, 0.4) is 0 Å². The molecule has 2 fully saturated rings. The van der Waals surface area contributed by atoms with Crippen molar-refractivity contribution < 1.29 is 9.59 Å². The molecule has 120 valence electrons. The van der Waals surface area contributed by atoms with Gasteiger partial charge in [0.1, 0.15) is 11.1 Å². The molecule has 1 unspecified atom stereocenters. The number of piperazine rings is 1. The second kappa shape index (κ2) is 5.98. The van der Waals surface area contributed by atoms with Crippen molar-refractivity contribution in [2.75, 3.05) is 0 Å². The minimum atomic E-state index is -0.734. The summed E-state index contributed by atoms with van der Waals surface area (Å²) in [6.45, 7) is 7.90. The van der Waals surface area contributed by atoms with Crippen LogP contribution in [-0.2, 0) is 9.59 Å². The van der Waals surface area contributed by atoms with Gasteiger partial charge in [-0.3, -0.25) is 9.59 Å². The van der Waals surface area contributed by atoms with E-state index in [1.54, 1.807) is 0 Å². The zero-order valence-corrected chi connectivity index (χ0v) is 14.0. The molecule has 1 aliphatic carbocycles. The van der Waals surface area contributed by atoms with E-state index in [1.807, 2.05) is 32.6 Å². The summed E-state index contributed by atoms with van der Waals surface area (Å²) in [7, 11) is 0. The second-order valence-electron chi connectivity index (χ2n) is 6.85. The fourth-order valence-electron chi connectivity index (χ4n) is 4.00. The molecule has 21 heavy (non-hydrogen) atoms. The number of nitrogens with zero attached hydrogens (tertiary/aromatic N) is 1. The van der Waals surface area contributed by atoms with E-state index in [1.165, 1.54) is 19.3 Å². The zero-order chi connectivity index (χ0) is 15.7. The minimum absolute atomic E-state index is 0.0435. The quantitative estimate of drug-likeness (QED) is 0.866. The fraction of sp³-hybridized carbons (Fsp3) is 0.882. The highest BCUT2D eigenvalue weighted by Crippen LogP contribution is 2.38. The molecule has 1 atom stereocenters. The lowest BCUT2D eigenvalue weighted by molar-refractivity contribution is -0.168. The molecule has 0 spiro atoms. The highest BCUT2D eigenvalue weighted by atomic mass is 16.2. The van der Waals surface area contributed by atoms with E-state index in [4.69, 9.17) is 0 Å². The number of nitrogens with one attached hydrogen (secondary N) is 1. The van der Waals surface area contributed by atoms with E-state index in [0.29, 0.717) is 19.3 Å². The average Bonchev–Trinajstić information content (AvgIpc) is 2.51. The van der Waals surface area contributed by atoms with Gasteiger partial charge in [-0.1, -0.05) is 40.0 Å². The Morgan fingerprint density at radius 1 is 1.05 bits per heavy atom. The number of amides is 2. The molecular formula is C17H30N2O2. The van der Waals surface area contributed by atoms with Gasteiger partial charge in [-0.05, 0) is 39.0 Å². The molecule has 2 amide bonds. The van der Waals surface area contributed by atoms with Gasteiger partial charge in [0.25, 0.3) is 0 Å². The number of carbonyl (C=O) groups is 2. The zero-order valence-electron chi connectivity index (χ0n) is 14.0. The maximum atomic E-state index is 13.2. The number of carbonyl (C=O) groups excluding carboxylic acids is 2. The highest BCUT2D eigenvalue weighted by molar-refractivity contribution is 6.02. The van der Waals surface area contributed by atoms with E-state index in [9.17, 15) is 9.59 Å². The van der Waals surface area contributed by atoms with E-state index in [0.717, 1.165) is 12.8 Å². The third kappa shape index (κ3) is 2.47. The Balaban J connectivity index is 2.44. The van der Waals surface area contributed by atoms with Crippen LogP contribution in [0.1, 0.15) is 79.1 Å². The summed E-state index contributed by atoms with van der Waals surface area (Å²) in [6.07, 6.45) is 7.70. The van der Waals surface area contributed by atoms with Crippen LogP contribution < -0.4 is 5.32 Å². The summed E-state index contributed by atoms with van der Waals surface area (Å²) in [5.41, 5.74) is -1.38. The van der Waals surface area contributed by atoms with Crippen molar-refractivity contribution in [3.8, 4) is 0 Å². The van der Waals surface area contributed by atoms with Crippen LogP contribution in [0.5, 0.6) is 0 Å². The van der Waals surface area contributed by atoms with Crippen LogP contribution in [0.4, 0.5) is 0 Å². The summed E-state index contributed by atoms with van der Waals surface area (Å²) < 4.78 is 0. The summed E-state index contributed by atoms with van der Waals surface area (Å²) in [6, 6.07) is 0.239. The van der Waals surface area contributed by atoms with Crippen molar-refractivity contribution in [3.63, 3.8) is 0 Å². The molecule has 1 saturated heterocycles. The Labute approximate surface area is 128 Å². The molecule has 4 nitrogen and oxygen atoms in total. The second-order valence-corrected chi connectivity index (χ2v) is 6.85. The van der Waals surface area contributed by atoms with Crippen LogP contribution in [-0.4, -0.2) is 33.8 Å². The Morgan fingerprint density at radius 2 is 1.62 bits per heavy atom. The molecule has 2 rings (SSSR count). The SMILES string of the molecule is CCC1(C)NC(=O)C(CC)(CC)N(C2CCCCC2)C1=O. The van der Waals surface area contributed by atoms with Crippen molar-refractivity contribution in [1.82, 2.24) is 10.2 Å². The predicted molar refractivity (Wildman–Crippen MR) is 83.9 cm³/mol. The molecule has 0 aromatic carbocycles. The van der Waals surface area contributed by atoms with Crippen LogP contribution in [0.15, 0.2) is 0 Å². The fourth-order valence-corrected chi connectivity index (χ4v) is 4.00. The topological polar surface area (TPSA) is 49.4 Å². The summed E-state index contributed by atoms with van der Waals surface area (Å²) >= 11 is 0. The lowest BCUT2D eigenvalue weighted by Gasteiger charge is -2.54. The molecule has 1 saturated carbocycles. The van der Waals surface area contributed by atoms with Crippen molar-refractivity contribution >= 4 is 11.8 Å². The molecule has 1 aliphatic heterocycles. The van der Waals surface area contributed by atoms with Crippen LogP contribution >= 0.6 is 0 Å². The van der Waals surface area contributed by atoms with Crippen molar-refractivity contribution in [2.45, 2.75) is 96.2 Å². The van der Waals surface area contributed by atoms with Gasteiger partial charge in [-0.2, -0.15) is 0 Å². The molecule has 1 N–H and O–H groups in total. The predicted octanol–water partition coefficient (Wildman–Crippen LogP) is 3.01. The van der Waals surface area contributed by atoms with Gasteiger partial charge in [0.15, 0.2) is 0 Å². The Hall–Kier alpha value is -1.06. The third-order valence-corrected chi connectivity index (χ3v) is 5.78. The Kier molecular flexibility index (Phi) is 4.64. The lowest BCUT2D eigenvalue weighted by Crippen LogP contribution is -2.76. The first-order chi connectivity index (χ1) is 9.95. The molecular weight excluding hydrogens is 264 g/mol. The van der Waals surface area contributed by atoms with Gasteiger partial charge < -0.3 is 10.2 Å². The first kappa shape index (κ1) is 16.3. The van der Waals surface area contributed by atoms with E-state index >= 15 is 0 Å². The van der Waals surface area contributed by atoms with Gasteiger partial charge >= 0.3 is 0 Å². The van der Waals surface area contributed by atoms with Gasteiger partial charge in [-0.25, -0.2) is 0 Å².